The summed E-state index contributed by atoms with van der Waals surface area (Å²) >= 11 is 6.15. The number of pyridine rings is 1. The highest BCUT2D eigenvalue weighted by atomic mass is 35.5. The average molecular weight is 450 g/mol. The van der Waals surface area contributed by atoms with Crippen LogP contribution in [0.15, 0.2) is 72.4 Å². The van der Waals surface area contributed by atoms with E-state index in [0.717, 1.165) is 0 Å². The second-order valence-electron chi connectivity index (χ2n) is 7.16. The highest BCUT2D eigenvalue weighted by Crippen LogP contribution is 2.43. The molecule has 1 unspecified atom stereocenters. The summed E-state index contributed by atoms with van der Waals surface area (Å²) in [6.07, 6.45) is 1.52. The Bertz CT molecular complexity index is 1270. The lowest BCUT2D eigenvalue weighted by molar-refractivity contribution is -0.384. The summed E-state index contributed by atoms with van der Waals surface area (Å²) in [5.41, 5.74) is 1.32. The number of carbonyl (C=O) groups is 2. The molecule has 4 rings (SSSR count). The Morgan fingerprint density at radius 1 is 1.12 bits per heavy atom. The Hall–Kier alpha value is -4.04. The van der Waals surface area contributed by atoms with Crippen molar-refractivity contribution in [1.82, 2.24) is 4.98 Å². The second-order valence-corrected chi connectivity index (χ2v) is 7.59. The summed E-state index contributed by atoms with van der Waals surface area (Å²) < 4.78 is 0. The third kappa shape index (κ3) is 3.61. The van der Waals surface area contributed by atoms with Crippen LogP contribution < -0.4 is 4.90 Å². The number of nitrogens with zero attached hydrogens (tertiary/aromatic N) is 3. The molecule has 9 heteroatoms. The molecule has 1 N–H and O–H groups in total. The third-order valence-electron chi connectivity index (χ3n) is 5.19. The maximum atomic E-state index is 13.1. The number of carbonyl (C=O) groups excluding carboxylic acids is 2. The summed E-state index contributed by atoms with van der Waals surface area (Å²) in [6, 6.07) is 14.1. The monoisotopic (exact) mass is 449 g/mol. The normalized spacial score (nSPS) is 17.6. The Labute approximate surface area is 187 Å². The van der Waals surface area contributed by atoms with Crippen molar-refractivity contribution in [3.63, 3.8) is 0 Å². The summed E-state index contributed by atoms with van der Waals surface area (Å²) in [7, 11) is 0. The van der Waals surface area contributed by atoms with Crippen LogP contribution in [0.3, 0.4) is 0 Å². The van der Waals surface area contributed by atoms with E-state index in [1.165, 1.54) is 35.4 Å². The lowest BCUT2D eigenvalue weighted by atomic mass is 9.98. The predicted molar refractivity (Wildman–Crippen MR) is 118 cm³/mol. The number of aliphatic hydroxyl groups is 1. The van der Waals surface area contributed by atoms with Gasteiger partial charge in [0.15, 0.2) is 0 Å². The molecule has 160 valence electrons. The summed E-state index contributed by atoms with van der Waals surface area (Å²) in [6.45, 7) is 1.77. The van der Waals surface area contributed by atoms with Crippen LogP contribution in [0.1, 0.15) is 22.9 Å². The molecule has 1 amide bonds. The number of hydrogen-bond donors (Lipinski definition) is 1. The number of aryl methyl sites for hydroxylation is 1. The molecule has 1 saturated heterocycles. The van der Waals surface area contributed by atoms with Gasteiger partial charge in [-0.2, -0.15) is 0 Å². The number of hydrogen-bond acceptors (Lipinski definition) is 6. The predicted octanol–water partition coefficient (Wildman–Crippen LogP) is 4.58. The molecule has 1 aromatic heterocycles. The minimum absolute atomic E-state index is 0.164. The van der Waals surface area contributed by atoms with Gasteiger partial charge >= 0.3 is 0 Å². The molecular weight excluding hydrogens is 434 g/mol. The van der Waals surface area contributed by atoms with Crippen molar-refractivity contribution in [2.24, 2.45) is 0 Å². The lowest BCUT2D eigenvalue weighted by Crippen LogP contribution is -2.30. The number of nitro groups is 1. The molecule has 0 aliphatic carbocycles. The molecule has 1 aliphatic heterocycles. The van der Waals surface area contributed by atoms with Crippen molar-refractivity contribution < 1.29 is 19.6 Å². The fourth-order valence-corrected chi connectivity index (χ4v) is 3.80. The number of ketones is 1. The first kappa shape index (κ1) is 21.2. The quantitative estimate of drug-likeness (QED) is 0.205. The number of halogens is 1. The molecule has 1 fully saturated rings. The number of non-ortho nitro benzene ring substituents is 1. The molecule has 0 bridgehead atoms. The molecule has 0 spiro atoms. The maximum absolute atomic E-state index is 13.1. The first-order chi connectivity index (χ1) is 15.3. The third-order valence-corrected chi connectivity index (χ3v) is 5.43. The molecule has 0 saturated carbocycles. The van der Waals surface area contributed by atoms with Gasteiger partial charge in [0.25, 0.3) is 17.4 Å². The summed E-state index contributed by atoms with van der Waals surface area (Å²) in [4.78, 5) is 42.1. The van der Waals surface area contributed by atoms with Gasteiger partial charge in [0.1, 0.15) is 11.8 Å². The highest BCUT2D eigenvalue weighted by Gasteiger charge is 2.48. The van der Waals surface area contributed by atoms with Crippen LogP contribution in [0.25, 0.3) is 5.76 Å². The number of anilines is 1. The molecule has 8 nitrogen and oxygen atoms in total. The van der Waals surface area contributed by atoms with Gasteiger partial charge in [0, 0.05) is 34.6 Å². The van der Waals surface area contributed by atoms with E-state index in [4.69, 9.17) is 11.6 Å². The number of aliphatic hydroxyl groups excluding tert-OH is 1. The average Bonchev–Trinajstić information content (AvgIpc) is 3.06. The van der Waals surface area contributed by atoms with E-state index in [1.54, 1.807) is 43.3 Å². The van der Waals surface area contributed by atoms with Crippen LogP contribution in [0.2, 0.25) is 5.02 Å². The van der Waals surface area contributed by atoms with Gasteiger partial charge in [-0.15, -0.1) is 0 Å². The van der Waals surface area contributed by atoms with Gasteiger partial charge in [-0.3, -0.25) is 29.6 Å². The Kier molecular flexibility index (Phi) is 5.46. The number of benzene rings is 2. The van der Waals surface area contributed by atoms with Gasteiger partial charge in [0.2, 0.25) is 0 Å². The number of aromatic nitrogens is 1. The van der Waals surface area contributed by atoms with Gasteiger partial charge in [-0.05, 0) is 48.9 Å². The molecule has 2 heterocycles. The van der Waals surface area contributed by atoms with E-state index < -0.39 is 28.4 Å². The fourth-order valence-electron chi connectivity index (χ4n) is 3.64. The maximum Gasteiger partial charge on any atom is 0.300 e. The first-order valence-electron chi connectivity index (χ1n) is 9.52. The van der Waals surface area contributed by atoms with Crippen LogP contribution in [-0.4, -0.2) is 26.7 Å². The topological polar surface area (TPSA) is 114 Å². The number of Topliss-reactive ketones (excluding diaryl/α,β-unsaturated/α-hetero) is 1. The molecule has 2 aromatic carbocycles. The van der Waals surface area contributed by atoms with Crippen LogP contribution >= 0.6 is 11.6 Å². The van der Waals surface area contributed by atoms with Crippen molar-refractivity contribution in [2.75, 3.05) is 4.90 Å². The SMILES string of the molecule is Cc1ccc(Cl)cc1N1C(=O)C(=O)/C(=C(/O)c2ccc([N+](=O)[O-])cc2)C1c1ccccn1. The van der Waals surface area contributed by atoms with Crippen LogP contribution in [0.4, 0.5) is 11.4 Å². The van der Waals surface area contributed by atoms with Crippen LogP contribution in [0.5, 0.6) is 0 Å². The van der Waals surface area contributed by atoms with E-state index in [1.807, 2.05) is 0 Å². The van der Waals surface area contributed by atoms with Gasteiger partial charge in [0.05, 0.1) is 16.2 Å². The van der Waals surface area contributed by atoms with Gasteiger partial charge < -0.3 is 5.11 Å². The minimum Gasteiger partial charge on any atom is -0.507 e. The molecule has 3 aromatic rings. The molecular formula is C23H16ClN3O5. The smallest absolute Gasteiger partial charge is 0.300 e. The summed E-state index contributed by atoms with van der Waals surface area (Å²) in [5.74, 6) is -2.18. The lowest BCUT2D eigenvalue weighted by Gasteiger charge is -2.26. The Balaban J connectivity index is 1.94. The number of rotatable bonds is 4. The number of amides is 1. The van der Waals surface area contributed by atoms with E-state index in [2.05, 4.69) is 4.98 Å². The molecule has 0 radical (unpaired) electrons. The van der Waals surface area contributed by atoms with Crippen LogP contribution in [-0.2, 0) is 9.59 Å². The highest BCUT2D eigenvalue weighted by molar-refractivity contribution is 6.52. The molecule has 1 atom stereocenters. The molecule has 1 aliphatic rings. The van der Waals surface area contributed by atoms with E-state index in [9.17, 15) is 24.8 Å². The van der Waals surface area contributed by atoms with E-state index >= 15 is 0 Å². The van der Waals surface area contributed by atoms with Gasteiger partial charge in [-0.25, -0.2) is 0 Å². The van der Waals surface area contributed by atoms with Gasteiger partial charge in [-0.1, -0.05) is 23.7 Å². The number of nitro benzene ring substituents is 1. The minimum atomic E-state index is -1.01. The molecule has 32 heavy (non-hydrogen) atoms. The second kappa shape index (κ2) is 8.24. The largest absolute Gasteiger partial charge is 0.507 e. The van der Waals surface area contributed by atoms with Crippen molar-refractivity contribution in [1.29, 1.82) is 0 Å². The van der Waals surface area contributed by atoms with Crippen LogP contribution in [0, 0.1) is 17.0 Å². The van der Waals surface area contributed by atoms with Crippen molar-refractivity contribution in [3.05, 3.63) is 104 Å². The first-order valence-corrected chi connectivity index (χ1v) is 9.90. The standard InChI is InChI=1S/C23H16ClN3O5/c1-13-5-8-15(24)12-18(13)26-20(17-4-2-3-11-25-17)19(22(29)23(26)30)21(28)14-6-9-16(10-7-14)27(31)32/h2-12,20,28H,1H3/b21-19+. The zero-order valence-electron chi connectivity index (χ0n) is 16.7. The Morgan fingerprint density at radius 3 is 2.47 bits per heavy atom. The zero-order valence-corrected chi connectivity index (χ0v) is 17.5. The Morgan fingerprint density at radius 2 is 1.84 bits per heavy atom. The summed E-state index contributed by atoms with van der Waals surface area (Å²) in [5, 5.41) is 22.3. The fraction of sp³-hybridized carbons (Fsp3) is 0.0870. The zero-order chi connectivity index (χ0) is 23.0. The van der Waals surface area contributed by atoms with Crippen molar-refractivity contribution in [2.45, 2.75) is 13.0 Å². The van der Waals surface area contributed by atoms with Crippen molar-refractivity contribution in [3.8, 4) is 0 Å². The van der Waals surface area contributed by atoms with E-state index in [0.29, 0.717) is 22.0 Å². The van der Waals surface area contributed by atoms with E-state index in [-0.39, 0.29) is 16.8 Å². The van der Waals surface area contributed by atoms with Crippen molar-refractivity contribution >= 4 is 40.4 Å².